The Morgan fingerprint density at radius 3 is 2.15 bits per heavy atom. The highest BCUT2D eigenvalue weighted by molar-refractivity contribution is 7.11. The second-order valence-corrected chi connectivity index (χ2v) is 7.31. The van der Waals surface area contributed by atoms with Gasteiger partial charge in [0.25, 0.3) is 0 Å². The van der Waals surface area contributed by atoms with Crippen LogP contribution in [0.15, 0.2) is 0 Å². The predicted molar refractivity (Wildman–Crippen MR) is 87.5 cm³/mol. The number of thiazole rings is 1. The molecular formula is C16H30N2OS. The van der Waals surface area contributed by atoms with Crippen molar-refractivity contribution in [3.05, 3.63) is 15.6 Å². The van der Waals surface area contributed by atoms with Crippen molar-refractivity contribution in [1.29, 1.82) is 0 Å². The van der Waals surface area contributed by atoms with Gasteiger partial charge in [-0.05, 0) is 19.4 Å². The van der Waals surface area contributed by atoms with E-state index in [1.54, 1.807) is 7.11 Å². The molecule has 0 unspecified atom stereocenters. The molecule has 0 aromatic carbocycles. The van der Waals surface area contributed by atoms with E-state index in [4.69, 9.17) is 9.72 Å². The molecule has 0 aliphatic heterocycles. The maximum absolute atomic E-state index is 5.84. The Hall–Kier alpha value is -0.450. The largest absolute Gasteiger partial charge is 0.371 e. The average molecular weight is 298 g/mol. The van der Waals surface area contributed by atoms with Gasteiger partial charge < -0.3 is 10.1 Å². The molecule has 0 saturated carbocycles. The molecule has 0 fully saturated rings. The van der Waals surface area contributed by atoms with Crippen LogP contribution in [0.2, 0.25) is 0 Å². The number of ether oxygens (including phenoxy) is 1. The van der Waals surface area contributed by atoms with E-state index in [9.17, 15) is 0 Å². The molecule has 0 aliphatic rings. The van der Waals surface area contributed by atoms with Crippen molar-refractivity contribution >= 4 is 11.3 Å². The highest BCUT2D eigenvalue weighted by atomic mass is 32.1. The number of hydrogen-bond acceptors (Lipinski definition) is 4. The molecule has 0 radical (unpaired) electrons. The SMILES string of the molecule is CCNCc1sc(C(CC)(CC)OC)nc1C(C)(C)C. The van der Waals surface area contributed by atoms with Crippen LogP contribution in [0.4, 0.5) is 0 Å². The molecule has 116 valence electrons. The van der Waals surface area contributed by atoms with Gasteiger partial charge in [-0.2, -0.15) is 0 Å². The van der Waals surface area contributed by atoms with Crippen molar-refractivity contribution in [1.82, 2.24) is 10.3 Å². The van der Waals surface area contributed by atoms with E-state index in [2.05, 4.69) is 46.9 Å². The third-order valence-electron chi connectivity index (χ3n) is 3.87. The van der Waals surface area contributed by atoms with Crippen LogP contribution >= 0.6 is 11.3 Å². The maximum atomic E-state index is 5.84. The van der Waals surface area contributed by atoms with Gasteiger partial charge in [0.2, 0.25) is 0 Å². The molecule has 4 heteroatoms. The molecule has 0 aliphatic carbocycles. The highest BCUT2D eigenvalue weighted by Gasteiger charge is 2.34. The maximum Gasteiger partial charge on any atom is 0.125 e. The van der Waals surface area contributed by atoms with E-state index in [0.717, 1.165) is 30.9 Å². The van der Waals surface area contributed by atoms with Crippen molar-refractivity contribution in [2.24, 2.45) is 0 Å². The zero-order chi connectivity index (χ0) is 15.4. The summed E-state index contributed by atoms with van der Waals surface area (Å²) in [5, 5.41) is 4.55. The Kier molecular flexibility index (Phi) is 6.17. The van der Waals surface area contributed by atoms with Crippen molar-refractivity contribution in [2.75, 3.05) is 13.7 Å². The van der Waals surface area contributed by atoms with Crippen molar-refractivity contribution in [3.63, 3.8) is 0 Å². The van der Waals surface area contributed by atoms with Gasteiger partial charge in [0.05, 0.1) is 5.69 Å². The third kappa shape index (κ3) is 3.60. The lowest BCUT2D eigenvalue weighted by Gasteiger charge is -2.27. The van der Waals surface area contributed by atoms with E-state index in [1.807, 2.05) is 11.3 Å². The van der Waals surface area contributed by atoms with Gasteiger partial charge in [0.1, 0.15) is 10.6 Å². The molecule has 0 bridgehead atoms. The van der Waals surface area contributed by atoms with E-state index < -0.39 is 0 Å². The summed E-state index contributed by atoms with van der Waals surface area (Å²) >= 11 is 1.81. The average Bonchev–Trinajstić information content (AvgIpc) is 2.84. The molecule has 1 aromatic rings. The second kappa shape index (κ2) is 7.01. The Bertz CT molecular complexity index is 408. The lowest BCUT2D eigenvalue weighted by molar-refractivity contribution is -0.0220. The molecule has 20 heavy (non-hydrogen) atoms. The number of methoxy groups -OCH3 is 1. The van der Waals surface area contributed by atoms with E-state index in [-0.39, 0.29) is 11.0 Å². The zero-order valence-corrected chi connectivity index (χ0v) is 14.9. The van der Waals surface area contributed by atoms with Crippen LogP contribution < -0.4 is 5.32 Å². The number of hydrogen-bond donors (Lipinski definition) is 1. The van der Waals surface area contributed by atoms with Crippen LogP contribution in [0, 0.1) is 0 Å². The Balaban J connectivity index is 3.26. The topological polar surface area (TPSA) is 34.1 Å². The van der Waals surface area contributed by atoms with Gasteiger partial charge in [0, 0.05) is 23.9 Å². The predicted octanol–water partition coefficient (Wildman–Crippen LogP) is 4.21. The first-order chi connectivity index (χ1) is 9.34. The number of nitrogens with one attached hydrogen (secondary N) is 1. The summed E-state index contributed by atoms with van der Waals surface area (Å²) in [4.78, 5) is 6.32. The summed E-state index contributed by atoms with van der Waals surface area (Å²) in [5.74, 6) is 0. The highest BCUT2D eigenvalue weighted by Crippen LogP contribution is 2.39. The van der Waals surface area contributed by atoms with Crippen LogP contribution in [0.5, 0.6) is 0 Å². The second-order valence-electron chi connectivity index (χ2n) is 6.23. The van der Waals surface area contributed by atoms with Crippen molar-refractivity contribution in [2.45, 2.75) is 71.9 Å². The molecular weight excluding hydrogens is 268 g/mol. The minimum Gasteiger partial charge on any atom is -0.371 e. The first kappa shape index (κ1) is 17.6. The lowest BCUT2D eigenvalue weighted by atomic mass is 9.91. The third-order valence-corrected chi connectivity index (χ3v) is 5.11. The first-order valence-corrected chi connectivity index (χ1v) is 8.42. The van der Waals surface area contributed by atoms with Gasteiger partial charge in [-0.25, -0.2) is 4.98 Å². The molecule has 0 spiro atoms. The summed E-state index contributed by atoms with van der Waals surface area (Å²) < 4.78 is 5.84. The summed E-state index contributed by atoms with van der Waals surface area (Å²) in [5.41, 5.74) is 1.05. The summed E-state index contributed by atoms with van der Waals surface area (Å²) in [7, 11) is 1.80. The first-order valence-electron chi connectivity index (χ1n) is 7.61. The quantitative estimate of drug-likeness (QED) is 0.818. The Morgan fingerprint density at radius 2 is 1.75 bits per heavy atom. The van der Waals surface area contributed by atoms with Crippen molar-refractivity contribution < 1.29 is 4.74 Å². The monoisotopic (exact) mass is 298 g/mol. The minimum absolute atomic E-state index is 0.0699. The smallest absolute Gasteiger partial charge is 0.125 e. The Morgan fingerprint density at radius 1 is 1.15 bits per heavy atom. The van der Waals surface area contributed by atoms with Crippen LogP contribution in [0.25, 0.3) is 0 Å². The molecule has 3 nitrogen and oxygen atoms in total. The van der Waals surface area contributed by atoms with Crippen LogP contribution in [-0.4, -0.2) is 18.6 Å². The lowest BCUT2D eigenvalue weighted by Crippen LogP contribution is -2.27. The Labute approximate surface area is 128 Å². The summed E-state index contributed by atoms with van der Waals surface area (Å²) in [6.45, 7) is 15.1. The van der Waals surface area contributed by atoms with E-state index in [1.165, 1.54) is 10.6 Å². The number of aromatic nitrogens is 1. The van der Waals surface area contributed by atoms with Crippen LogP contribution in [0.3, 0.4) is 0 Å². The van der Waals surface area contributed by atoms with Gasteiger partial charge in [-0.1, -0.05) is 41.5 Å². The van der Waals surface area contributed by atoms with E-state index >= 15 is 0 Å². The molecule has 1 aromatic heterocycles. The van der Waals surface area contributed by atoms with E-state index in [0.29, 0.717) is 0 Å². The van der Waals surface area contributed by atoms with Gasteiger partial charge in [-0.15, -0.1) is 11.3 Å². The summed E-state index contributed by atoms with van der Waals surface area (Å²) in [6, 6.07) is 0. The van der Waals surface area contributed by atoms with Crippen LogP contribution in [-0.2, 0) is 22.3 Å². The fourth-order valence-corrected chi connectivity index (χ4v) is 3.97. The standard InChI is InChI=1S/C16H30N2OS/c1-8-16(9-2,19-7)14-18-13(15(4,5)6)12(20-14)11-17-10-3/h17H,8-11H2,1-7H3. The molecule has 1 heterocycles. The van der Waals surface area contributed by atoms with Crippen molar-refractivity contribution in [3.8, 4) is 0 Å². The van der Waals surface area contributed by atoms with Gasteiger partial charge in [0.15, 0.2) is 0 Å². The zero-order valence-electron chi connectivity index (χ0n) is 14.1. The fourth-order valence-electron chi connectivity index (χ4n) is 2.42. The summed E-state index contributed by atoms with van der Waals surface area (Å²) in [6.07, 6.45) is 1.91. The number of nitrogens with zero attached hydrogens (tertiary/aromatic N) is 1. The molecule has 0 atom stereocenters. The molecule has 0 saturated heterocycles. The van der Waals surface area contributed by atoms with Gasteiger partial charge >= 0.3 is 0 Å². The fraction of sp³-hybridized carbons (Fsp3) is 0.812. The molecule has 0 amide bonds. The van der Waals surface area contributed by atoms with Gasteiger partial charge in [-0.3, -0.25) is 0 Å². The minimum atomic E-state index is -0.227. The normalized spacial score (nSPS) is 12.9. The number of rotatable bonds is 7. The molecule has 1 N–H and O–H groups in total. The van der Waals surface area contributed by atoms with Crippen LogP contribution in [0.1, 0.15) is 70.0 Å². The molecule has 1 rings (SSSR count).